The van der Waals surface area contributed by atoms with Crippen molar-refractivity contribution in [3.05, 3.63) is 46.8 Å². The molecule has 0 aliphatic carbocycles. The van der Waals surface area contributed by atoms with Gasteiger partial charge in [0.25, 0.3) is 5.91 Å². The van der Waals surface area contributed by atoms with Gasteiger partial charge in [0.2, 0.25) is 5.89 Å². The molecule has 0 spiro atoms. The molecule has 1 amide bonds. The molecule has 0 unspecified atom stereocenters. The van der Waals surface area contributed by atoms with E-state index in [9.17, 15) is 4.79 Å². The zero-order chi connectivity index (χ0) is 17.3. The second kappa shape index (κ2) is 6.27. The summed E-state index contributed by atoms with van der Waals surface area (Å²) in [5.41, 5.74) is 4.28. The van der Waals surface area contributed by atoms with Gasteiger partial charge in [0.05, 0.1) is 5.69 Å². The van der Waals surface area contributed by atoms with Gasteiger partial charge in [0.15, 0.2) is 0 Å². The SMILES string of the molecule is CCn1nc(C)cc1C(=O)Nc1nnc(-c2cc(C)cc(C)c2)o1. The Bertz CT molecular complexity index is 874. The molecule has 1 aromatic carbocycles. The summed E-state index contributed by atoms with van der Waals surface area (Å²) in [4.78, 5) is 12.4. The van der Waals surface area contributed by atoms with Gasteiger partial charge < -0.3 is 4.42 Å². The summed E-state index contributed by atoms with van der Waals surface area (Å²) in [7, 11) is 0. The van der Waals surface area contributed by atoms with Gasteiger partial charge in [-0.3, -0.25) is 14.8 Å². The average molecular weight is 325 g/mol. The Labute approximate surface area is 139 Å². The molecule has 3 rings (SSSR count). The molecule has 0 saturated heterocycles. The molecule has 7 nitrogen and oxygen atoms in total. The van der Waals surface area contributed by atoms with Crippen molar-refractivity contribution in [2.45, 2.75) is 34.2 Å². The van der Waals surface area contributed by atoms with Crippen LogP contribution in [-0.2, 0) is 6.54 Å². The predicted octanol–water partition coefficient (Wildman–Crippen LogP) is 3.13. The van der Waals surface area contributed by atoms with Crippen molar-refractivity contribution in [2.75, 3.05) is 5.32 Å². The Kier molecular flexibility index (Phi) is 4.16. The third-order valence-electron chi connectivity index (χ3n) is 3.55. The van der Waals surface area contributed by atoms with Crippen LogP contribution in [0, 0.1) is 20.8 Å². The maximum atomic E-state index is 12.4. The molecule has 0 aliphatic heterocycles. The highest BCUT2D eigenvalue weighted by Gasteiger charge is 2.17. The van der Waals surface area contributed by atoms with Crippen LogP contribution >= 0.6 is 0 Å². The zero-order valence-electron chi connectivity index (χ0n) is 14.1. The first-order valence-corrected chi connectivity index (χ1v) is 7.74. The summed E-state index contributed by atoms with van der Waals surface area (Å²) >= 11 is 0. The lowest BCUT2D eigenvalue weighted by Gasteiger charge is -2.03. The van der Waals surface area contributed by atoms with E-state index in [1.54, 1.807) is 10.7 Å². The van der Waals surface area contributed by atoms with Gasteiger partial charge in [-0.25, -0.2) is 0 Å². The van der Waals surface area contributed by atoms with E-state index in [0.29, 0.717) is 18.1 Å². The van der Waals surface area contributed by atoms with Crippen LogP contribution in [0.3, 0.4) is 0 Å². The number of carbonyl (C=O) groups excluding carboxylic acids is 1. The molecular weight excluding hydrogens is 306 g/mol. The molecule has 2 heterocycles. The van der Waals surface area contributed by atoms with Crippen molar-refractivity contribution in [1.82, 2.24) is 20.0 Å². The number of aromatic nitrogens is 4. The maximum absolute atomic E-state index is 12.4. The number of hydrogen-bond acceptors (Lipinski definition) is 5. The Morgan fingerprint density at radius 2 is 1.83 bits per heavy atom. The Hall–Kier alpha value is -2.96. The fourth-order valence-corrected chi connectivity index (χ4v) is 2.62. The van der Waals surface area contributed by atoms with E-state index in [1.165, 1.54) is 0 Å². The number of amides is 1. The fourth-order valence-electron chi connectivity index (χ4n) is 2.62. The van der Waals surface area contributed by atoms with Crippen molar-refractivity contribution in [3.8, 4) is 11.5 Å². The molecule has 0 fully saturated rings. The smallest absolute Gasteiger partial charge is 0.322 e. The van der Waals surface area contributed by atoms with Crippen molar-refractivity contribution in [1.29, 1.82) is 0 Å². The van der Waals surface area contributed by atoms with E-state index >= 15 is 0 Å². The van der Waals surface area contributed by atoms with Crippen LogP contribution in [0.25, 0.3) is 11.5 Å². The molecule has 2 aromatic heterocycles. The van der Waals surface area contributed by atoms with Gasteiger partial charge in [-0.15, -0.1) is 5.10 Å². The number of rotatable bonds is 4. The quantitative estimate of drug-likeness (QED) is 0.796. The van der Waals surface area contributed by atoms with Gasteiger partial charge in [0.1, 0.15) is 5.69 Å². The Balaban J connectivity index is 1.82. The van der Waals surface area contributed by atoms with Gasteiger partial charge in [0, 0.05) is 12.1 Å². The molecule has 7 heteroatoms. The van der Waals surface area contributed by atoms with Crippen molar-refractivity contribution < 1.29 is 9.21 Å². The van der Waals surface area contributed by atoms with Crippen LogP contribution < -0.4 is 5.32 Å². The Morgan fingerprint density at radius 3 is 2.50 bits per heavy atom. The standard InChI is InChI=1S/C17H19N5O2/c1-5-22-14(9-12(4)21-22)15(23)18-17-20-19-16(24-17)13-7-10(2)6-11(3)8-13/h6-9H,5H2,1-4H3,(H,18,20,23). The summed E-state index contributed by atoms with van der Waals surface area (Å²) in [6, 6.07) is 7.77. The van der Waals surface area contributed by atoms with Crippen molar-refractivity contribution in [2.24, 2.45) is 0 Å². The second-order valence-corrected chi connectivity index (χ2v) is 5.73. The minimum Gasteiger partial charge on any atom is -0.403 e. The summed E-state index contributed by atoms with van der Waals surface area (Å²) in [6.07, 6.45) is 0. The molecule has 0 atom stereocenters. The highest BCUT2D eigenvalue weighted by Crippen LogP contribution is 2.22. The molecule has 1 N–H and O–H groups in total. The van der Waals surface area contributed by atoms with Crippen LogP contribution in [0.2, 0.25) is 0 Å². The van der Waals surface area contributed by atoms with Gasteiger partial charge in [-0.2, -0.15) is 5.10 Å². The second-order valence-electron chi connectivity index (χ2n) is 5.73. The topological polar surface area (TPSA) is 85.8 Å². The van der Waals surface area contributed by atoms with Crippen LogP contribution in [0.5, 0.6) is 0 Å². The first-order chi connectivity index (χ1) is 11.5. The number of carbonyl (C=O) groups is 1. The molecule has 124 valence electrons. The van der Waals surface area contributed by atoms with E-state index in [1.807, 2.05) is 39.8 Å². The third-order valence-corrected chi connectivity index (χ3v) is 3.55. The van der Waals surface area contributed by atoms with Crippen LogP contribution in [0.4, 0.5) is 6.01 Å². The number of aryl methyl sites for hydroxylation is 4. The lowest BCUT2D eigenvalue weighted by atomic mass is 10.1. The molecule has 0 aliphatic rings. The first kappa shape index (κ1) is 15.9. The minimum absolute atomic E-state index is 0.0654. The normalized spacial score (nSPS) is 10.8. The number of anilines is 1. The number of nitrogens with one attached hydrogen (secondary N) is 1. The number of hydrogen-bond donors (Lipinski definition) is 1. The minimum atomic E-state index is -0.326. The van der Waals surface area contributed by atoms with Crippen LogP contribution in [-0.4, -0.2) is 25.9 Å². The summed E-state index contributed by atoms with van der Waals surface area (Å²) in [6.45, 7) is 8.38. The third kappa shape index (κ3) is 3.19. The lowest BCUT2D eigenvalue weighted by molar-refractivity contribution is 0.101. The van der Waals surface area contributed by atoms with E-state index in [-0.39, 0.29) is 11.9 Å². The van der Waals surface area contributed by atoms with Gasteiger partial charge in [-0.1, -0.05) is 22.3 Å². The fraction of sp³-hybridized carbons (Fsp3) is 0.294. The summed E-state index contributed by atoms with van der Waals surface area (Å²) < 4.78 is 7.20. The van der Waals surface area contributed by atoms with E-state index in [2.05, 4.69) is 26.7 Å². The van der Waals surface area contributed by atoms with Crippen LogP contribution in [0.15, 0.2) is 28.7 Å². The van der Waals surface area contributed by atoms with E-state index in [0.717, 1.165) is 22.4 Å². The monoisotopic (exact) mass is 325 g/mol. The molecular formula is C17H19N5O2. The predicted molar refractivity (Wildman–Crippen MR) is 89.8 cm³/mol. The number of benzene rings is 1. The molecule has 0 radical (unpaired) electrons. The molecule has 24 heavy (non-hydrogen) atoms. The summed E-state index contributed by atoms with van der Waals surface area (Å²) in [5.74, 6) is 0.0466. The van der Waals surface area contributed by atoms with Crippen molar-refractivity contribution in [3.63, 3.8) is 0 Å². The summed E-state index contributed by atoms with van der Waals surface area (Å²) in [5, 5.41) is 14.8. The highest BCUT2D eigenvalue weighted by atomic mass is 16.4. The van der Waals surface area contributed by atoms with Gasteiger partial charge >= 0.3 is 6.01 Å². The van der Waals surface area contributed by atoms with E-state index in [4.69, 9.17) is 4.42 Å². The van der Waals surface area contributed by atoms with Gasteiger partial charge in [-0.05, 0) is 45.9 Å². The molecule has 0 saturated carbocycles. The van der Waals surface area contributed by atoms with Crippen molar-refractivity contribution >= 4 is 11.9 Å². The number of nitrogens with zero attached hydrogens (tertiary/aromatic N) is 4. The Morgan fingerprint density at radius 1 is 1.12 bits per heavy atom. The largest absolute Gasteiger partial charge is 0.403 e. The van der Waals surface area contributed by atoms with E-state index < -0.39 is 0 Å². The first-order valence-electron chi connectivity index (χ1n) is 7.74. The maximum Gasteiger partial charge on any atom is 0.322 e. The molecule has 0 bridgehead atoms. The lowest BCUT2D eigenvalue weighted by Crippen LogP contribution is -2.17. The van der Waals surface area contributed by atoms with Crippen LogP contribution in [0.1, 0.15) is 34.2 Å². The highest BCUT2D eigenvalue weighted by molar-refractivity contribution is 6.01. The molecule has 3 aromatic rings. The zero-order valence-corrected chi connectivity index (χ0v) is 14.1. The average Bonchev–Trinajstić information content (AvgIpc) is 3.12.